The molecule has 3 heteroatoms. The minimum Gasteiger partial charge on any atom is -0.399 e. The van der Waals surface area contributed by atoms with Crippen LogP contribution < -0.4 is 16.8 Å². The van der Waals surface area contributed by atoms with E-state index < -0.39 is 0 Å². The van der Waals surface area contributed by atoms with Gasteiger partial charge in [-0.25, -0.2) is 0 Å². The first-order valence-electron chi connectivity index (χ1n) is 5.77. The van der Waals surface area contributed by atoms with E-state index in [0.717, 1.165) is 12.2 Å². The second-order valence-corrected chi connectivity index (χ2v) is 4.87. The van der Waals surface area contributed by atoms with E-state index in [0.29, 0.717) is 12.5 Å². The van der Waals surface area contributed by atoms with Crippen molar-refractivity contribution in [1.82, 2.24) is 5.32 Å². The van der Waals surface area contributed by atoms with Gasteiger partial charge in [-0.3, -0.25) is 0 Å². The molecule has 0 radical (unpaired) electrons. The zero-order valence-corrected chi connectivity index (χ0v) is 10.5. The summed E-state index contributed by atoms with van der Waals surface area (Å²) in [5.41, 5.74) is 13.5. The molecule has 1 unspecified atom stereocenters. The molecule has 0 saturated heterocycles. The third kappa shape index (κ3) is 3.22. The van der Waals surface area contributed by atoms with Crippen molar-refractivity contribution in [3.8, 4) is 0 Å². The van der Waals surface area contributed by atoms with Gasteiger partial charge in [0.05, 0.1) is 0 Å². The van der Waals surface area contributed by atoms with Crippen LogP contribution in [0.1, 0.15) is 26.3 Å². The zero-order chi connectivity index (χ0) is 12.2. The Morgan fingerprint density at radius 3 is 2.56 bits per heavy atom. The molecular formula is C13H23N3. The van der Waals surface area contributed by atoms with Crippen LogP contribution in [-0.2, 0) is 6.54 Å². The maximum atomic E-state index is 5.81. The van der Waals surface area contributed by atoms with Crippen molar-refractivity contribution in [3.05, 3.63) is 29.8 Å². The van der Waals surface area contributed by atoms with Gasteiger partial charge in [0.1, 0.15) is 0 Å². The van der Waals surface area contributed by atoms with Gasteiger partial charge in [-0.05, 0) is 30.5 Å². The van der Waals surface area contributed by atoms with Crippen LogP contribution in [0.5, 0.6) is 0 Å². The second kappa shape index (κ2) is 5.32. The van der Waals surface area contributed by atoms with Crippen LogP contribution in [0, 0.1) is 5.92 Å². The number of nitrogen functional groups attached to an aromatic ring is 1. The Morgan fingerprint density at radius 1 is 1.38 bits per heavy atom. The van der Waals surface area contributed by atoms with Crippen molar-refractivity contribution in [1.29, 1.82) is 0 Å². The molecule has 5 N–H and O–H groups in total. The van der Waals surface area contributed by atoms with Crippen molar-refractivity contribution in [2.24, 2.45) is 11.7 Å². The highest BCUT2D eigenvalue weighted by atomic mass is 15.0. The Bertz CT molecular complexity index is 336. The second-order valence-electron chi connectivity index (χ2n) is 4.87. The van der Waals surface area contributed by atoms with Crippen molar-refractivity contribution in [2.45, 2.75) is 32.9 Å². The molecule has 1 rings (SSSR count). The SMILES string of the molecule is CC(C)C(C)(CN)NCc1cccc(N)c1. The lowest BCUT2D eigenvalue weighted by atomic mass is 9.88. The summed E-state index contributed by atoms with van der Waals surface area (Å²) in [5, 5.41) is 3.51. The Morgan fingerprint density at radius 2 is 2.06 bits per heavy atom. The summed E-state index contributed by atoms with van der Waals surface area (Å²) in [5.74, 6) is 0.499. The highest BCUT2D eigenvalue weighted by Gasteiger charge is 2.25. The normalized spacial score (nSPS) is 15.1. The first kappa shape index (κ1) is 13.0. The molecule has 0 aliphatic carbocycles. The van der Waals surface area contributed by atoms with Crippen LogP contribution in [0.2, 0.25) is 0 Å². The highest BCUT2D eigenvalue weighted by molar-refractivity contribution is 5.40. The van der Waals surface area contributed by atoms with Crippen LogP contribution in [-0.4, -0.2) is 12.1 Å². The quantitative estimate of drug-likeness (QED) is 0.663. The van der Waals surface area contributed by atoms with Gasteiger partial charge in [0.25, 0.3) is 0 Å². The molecule has 0 aliphatic heterocycles. The minimum absolute atomic E-state index is 0.0232. The summed E-state index contributed by atoms with van der Waals surface area (Å²) in [7, 11) is 0. The van der Waals surface area contributed by atoms with Crippen molar-refractivity contribution >= 4 is 5.69 Å². The van der Waals surface area contributed by atoms with E-state index in [1.807, 2.05) is 18.2 Å². The Balaban J connectivity index is 2.63. The van der Waals surface area contributed by atoms with Gasteiger partial charge in [-0.15, -0.1) is 0 Å². The number of benzene rings is 1. The Labute approximate surface area is 98.2 Å². The van der Waals surface area contributed by atoms with Gasteiger partial charge in [-0.1, -0.05) is 26.0 Å². The fourth-order valence-corrected chi connectivity index (χ4v) is 1.52. The van der Waals surface area contributed by atoms with E-state index in [1.54, 1.807) is 0 Å². The number of nitrogens with one attached hydrogen (secondary N) is 1. The van der Waals surface area contributed by atoms with Gasteiger partial charge in [0, 0.05) is 24.3 Å². The van der Waals surface area contributed by atoms with Gasteiger partial charge in [-0.2, -0.15) is 0 Å². The molecule has 0 bridgehead atoms. The molecule has 3 nitrogen and oxygen atoms in total. The predicted octanol–water partition coefficient (Wildman–Crippen LogP) is 1.73. The molecule has 1 aromatic rings. The Kier molecular flexibility index (Phi) is 4.33. The first-order chi connectivity index (χ1) is 7.48. The van der Waals surface area contributed by atoms with Crippen molar-refractivity contribution in [3.63, 3.8) is 0 Å². The molecule has 1 atom stereocenters. The highest BCUT2D eigenvalue weighted by Crippen LogP contribution is 2.16. The molecule has 0 spiro atoms. The van der Waals surface area contributed by atoms with E-state index in [2.05, 4.69) is 32.2 Å². The van der Waals surface area contributed by atoms with Gasteiger partial charge in [0.2, 0.25) is 0 Å². The first-order valence-corrected chi connectivity index (χ1v) is 5.77. The van der Waals surface area contributed by atoms with Crippen molar-refractivity contribution < 1.29 is 0 Å². The summed E-state index contributed by atoms with van der Waals surface area (Å²) in [6.07, 6.45) is 0. The molecule has 0 aliphatic rings. The standard InChI is InChI=1S/C13H23N3/c1-10(2)13(3,9-14)16-8-11-5-4-6-12(15)7-11/h4-7,10,16H,8-9,14-15H2,1-3H3. The van der Waals surface area contributed by atoms with E-state index in [-0.39, 0.29) is 5.54 Å². The minimum atomic E-state index is -0.0232. The molecule has 0 fully saturated rings. The van der Waals surface area contributed by atoms with Crippen LogP contribution in [0.3, 0.4) is 0 Å². The van der Waals surface area contributed by atoms with E-state index in [1.165, 1.54) is 5.56 Å². The van der Waals surface area contributed by atoms with Crippen LogP contribution in [0.25, 0.3) is 0 Å². The summed E-state index contributed by atoms with van der Waals surface area (Å²) in [6, 6.07) is 7.93. The van der Waals surface area contributed by atoms with Gasteiger partial charge >= 0.3 is 0 Å². The van der Waals surface area contributed by atoms with Crippen LogP contribution in [0.15, 0.2) is 24.3 Å². The predicted molar refractivity (Wildman–Crippen MR) is 70.0 cm³/mol. The van der Waals surface area contributed by atoms with Crippen molar-refractivity contribution in [2.75, 3.05) is 12.3 Å². The van der Waals surface area contributed by atoms with E-state index >= 15 is 0 Å². The van der Waals surface area contributed by atoms with Crippen LogP contribution in [0.4, 0.5) is 5.69 Å². The maximum absolute atomic E-state index is 5.81. The average Bonchev–Trinajstić information content (AvgIpc) is 2.26. The van der Waals surface area contributed by atoms with Gasteiger partial charge < -0.3 is 16.8 Å². The van der Waals surface area contributed by atoms with E-state index in [9.17, 15) is 0 Å². The molecular weight excluding hydrogens is 198 g/mol. The van der Waals surface area contributed by atoms with Crippen LogP contribution >= 0.6 is 0 Å². The molecule has 0 heterocycles. The monoisotopic (exact) mass is 221 g/mol. The average molecular weight is 221 g/mol. The third-order valence-corrected chi connectivity index (χ3v) is 3.35. The number of nitrogens with two attached hydrogens (primary N) is 2. The Hall–Kier alpha value is -1.06. The third-order valence-electron chi connectivity index (χ3n) is 3.35. The smallest absolute Gasteiger partial charge is 0.0317 e. The number of rotatable bonds is 5. The summed E-state index contributed by atoms with van der Waals surface area (Å²) < 4.78 is 0. The number of hydrogen-bond donors (Lipinski definition) is 3. The zero-order valence-electron chi connectivity index (χ0n) is 10.5. The lowest BCUT2D eigenvalue weighted by Gasteiger charge is -2.34. The molecule has 0 amide bonds. The molecule has 16 heavy (non-hydrogen) atoms. The summed E-state index contributed by atoms with van der Waals surface area (Å²) in [4.78, 5) is 0. The lowest BCUT2D eigenvalue weighted by molar-refractivity contribution is 0.267. The largest absolute Gasteiger partial charge is 0.399 e. The lowest BCUT2D eigenvalue weighted by Crippen LogP contribution is -2.52. The fraction of sp³-hybridized carbons (Fsp3) is 0.538. The topological polar surface area (TPSA) is 64.1 Å². The molecule has 0 saturated carbocycles. The number of hydrogen-bond acceptors (Lipinski definition) is 3. The maximum Gasteiger partial charge on any atom is 0.0317 e. The molecule has 1 aromatic carbocycles. The number of anilines is 1. The van der Waals surface area contributed by atoms with Gasteiger partial charge in [0.15, 0.2) is 0 Å². The molecule has 90 valence electrons. The summed E-state index contributed by atoms with van der Waals surface area (Å²) in [6.45, 7) is 7.95. The van der Waals surface area contributed by atoms with E-state index in [4.69, 9.17) is 11.5 Å². The fourth-order valence-electron chi connectivity index (χ4n) is 1.52. The molecule has 0 aromatic heterocycles. The summed E-state index contributed by atoms with van der Waals surface area (Å²) >= 11 is 0.